The Morgan fingerprint density at radius 3 is 2.52 bits per heavy atom. The summed E-state index contributed by atoms with van der Waals surface area (Å²) in [5.41, 5.74) is 0. The number of benzene rings is 1. The highest BCUT2D eigenvalue weighted by atomic mass is 32.2. The standard InChI is InChI=1S/C19H32N2OS/c1-4-16(2)6-5-13-20(3)17-11-14-21(15-12-17)23-19-9-7-18(22)8-10-19/h7-10,16-17,22H,4-6,11-15H2,1-3H3/t16-/m1/s1. The van der Waals surface area contributed by atoms with E-state index in [0.717, 1.165) is 25.0 Å². The van der Waals surface area contributed by atoms with Crippen LogP contribution in [0.3, 0.4) is 0 Å². The Morgan fingerprint density at radius 1 is 1.26 bits per heavy atom. The lowest BCUT2D eigenvalue weighted by molar-refractivity contribution is 0.169. The van der Waals surface area contributed by atoms with Crippen LogP contribution in [0.5, 0.6) is 5.75 Å². The topological polar surface area (TPSA) is 26.7 Å². The minimum atomic E-state index is 0.340. The average Bonchev–Trinajstić information content (AvgIpc) is 2.57. The lowest BCUT2D eigenvalue weighted by Crippen LogP contribution is -2.41. The first-order valence-electron chi connectivity index (χ1n) is 9.00. The Morgan fingerprint density at radius 2 is 1.91 bits per heavy atom. The van der Waals surface area contributed by atoms with Gasteiger partial charge in [0.2, 0.25) is 0 Å². The number of phenols is 1. The fourth-order valence-corrected chi connectivity index (χ4v) is 4.06. The maximum Gasteiger partial charge on any atom is 0.115 e. The number of nitrogens with zero attached hydrogens (tertiary/aromatic N) is 2. The molecular weight excluding hydrogens is 304 g/mol. The van der Waals surface area contributed by atoms with Crippen LogP contribution in [0.15, 0.2) is 29.2 Å². The van der Waals surface area contributed by atoms with E-state index in [1.54, 1.807) is 12.1 Å². The summed E-state index contributed by atoms with van der Waals surface area (Å²) in [6.07, 6.45) is 6.50. The Kier molecular flexibility index (Phi) is 7.74. The van der Waals surface area contributed by atoms with Crippen LogP contribution in [-0.4, -0.2) is 47.0 Å². The lowest BCUT2D eigenvalue weighted by Gasteiger charge is -2.36. The van der Waals surface area contributed by atoms with Crippen LogP contribution >= 0.6 is 11.9 Å². The summed E-state index contributed by atoms with van der Waals surface area (Å²) in [6, 6.07) is 8.25. The SMILES string of the molecule is CC[C@@H](C)CCCN(C)C1CCN(Sc2ccc(O)cc2)CC1. The summed E-state index contributed by atoms with van der Waals surface area (Å²) in [4.78, 5) is 3.79. The van der Waals surface area contributed by atoms with Crippen molar-refractivity contribution in [2.24, 2.45) is 5.92 Å². The number of hydrogen-bond acceptors (Lipinski definition) is 4. The summed E-state index contributed by atoms with van der Waals surface area (Å²) in [6.45, 7) is 8.17. The van der Waals surface area contributed by atoms with E-state index >= 15 is 0 Å². The van der Waals surface area contributed by atoms with E-state index in [4.69, 9.17) is 0 Å². The number of piperidine rings is 1. The van der Waals surface area contributed by atoms with Crippen LogP contribution in [0.25, 0.3) is 0 Å². The molecule has 1 aromatic carbocycles. The van der Waals surface area contributed by atoms with Crippen LogP contribution in [0, 0.1) is 5.92 Å². The Hall–Kier alpha value is -0.710. The van der Waals surface area contributed by atoms with Gasteiger partial charge < -0.3 is 10.0 Å². The van der Waals surface area contributed by atoms with Gasteiger partial charge in [0, 0.05) is 24.0 Å². The van der Waals surface area contributed by atoms with Gasteiger partial charge in [0.05, 0.1) is 0 Å². The Bertz CT molecular complexity index is 443. The molecule has 23 heavy (non-hydrogen) atoms. The minimum Gasteiger partial charge on any atom is -0.508 e. The molecule has 0 spiro atoms. The second kappa shape index (κ2) is 9.55. The Labute approximate surface area is 146 Å². The van der Waals surface area contributed by atoms with Gasteiger partial charge in [0.25, 0.3) is 0 Å². The first-order valence-corrected chi connectivity index (χ1v) is 9.78. The number of phenolic OH excluding ortho intramolecular Hbond substituents is 1. The highest BCUT2D eigenvalue weighted by Crippen LogP contribution is 2.28. The third-order valence-electron chi connectivity index (χ3n) is 5.02. The third-order valence-corrected chi connectivity index (χ3v) is 6.13. The zero-order chi connectivity index (χ0) is 16.7. The van der Waals surface area contributed by atoms with Crippen molar-refractivity contribution >= 4 is 11.9 Å². The van der Waals surface area contributed by atoms with E-state index in [9.17, 15) is 5.11 Å². The average molecular weight is 337 g/mol. The van der Waals surface area contributed by atoms with E-state index in [2.05, 4.69) is 30.1 Å². The maximum absolute atomic E-state index is 9.35. The van der Waals surface area contributed by atoms with Crippen molar-refractivity contribution in [3.05, 3.63) is 24.3 Å². The van der Waals surface area contributed by atoms with Crippen molar-refractivity contribution in [3.8, 4) is 5.75 Å². The fraction of sp³-hybridized carbons (Fsp3) is 0.684. The number of hydrogen-bond donors (Lipinski definition) is 1. The van der Waals surface area contributed by atoms with Crippen LogP contribution in [-0.2, 0) is 0 Å². The second-order valence-electron chi connectivity index (χ2n) is 6.88. The highest BCUT2D eigenvalue weighted by molar-refractivity contribution is 7.97. The molecule has 1 aromatic rings. The maximum atomic E-state index is 9.35. The minimum absolute atomic E-state index is 0.340. The molecule has 0 amide bonds. The van der Waals surface area contributed by atoms with Crippen LogP contribution < -0.4 is 0 Å². The molecule has 1 aliphatic rings. The summed E-state index contributed by atoms with van der Waals surface area (Å²) < 4.78 is 2.45. The first-order chi connectivity index (χ1) is 11.1. The van der Waals surface area contributed by atoms with E-state index in [-0.39, 0.29) is 0 Å². The van der Waals surface area contributed by atoms with Gasteiger partial charge in [0.1, 0.15) is 5.75 Å². The van der Waals surface area contributed by atoms with E-state index in [0.29, 0.717) is 5.75 Å². The molecule has 1 fully saturated rings. The second-order valence-corrected chi connectivity index (χ2v) is 8.05. The van der Waals surface area contributed by atoms with Crippen molar-refractivity contribution in [1.29, 1.82) is 0 Å². The molecule has 1 heterocycles. The summed E-state index contributed by atoms with van der Waals surface area (Å²) in [7, 11) is 2.30. The summed E-state index contributed by atoms with van der Waals surface area (Å²) in [5.74, 6) is 1.21. The molecule has 1 atom stereocenters. The van der Waals surface area contributed by atoms with Crippen molar-refractivity contribution in [2.75, 3.05) is 26.7 Å². The quantitative estimate of drug-likeness (QED) is 0.701. The van der Waals surface area contributed by atoms with Gasteiger partial charge in [-0.3, -0.25) is 0 Å². The Balaban J connectivity index is 1.67. The predicted octanol–water partition coefficient (Wildman–Crippen LogP) is 4.62. The molecule has 0 aliphatic carbocycles. The monoisotopic (exact) mass is 336 g/mol. The van der Waals surface area contributed by atoms with Crippen LogP contribution in [0.1, 0.15) is 46.0 Å². The number of rotatable bonds is 8. The zero-order valence-electron chi connectivity index (χ0n) is 14.9. The van der Waals surface area contributed by atoms with E-state index in [1.165, 1.54) is 43.5 Å². The molecule has 0 aromatic heterocycles. The molecule has 1 saturated heterocycles. The molecule has 4 heteroatoms. The van der Waals surface area contributed by atoms with Gasteiger partial charge in [-0.25, -0.2) is 4.31 Å². The van der Waals surface area contributed by atoms with Gasteiger partial charge in [-0.1, -0.05) is 20.3 Å². The molecular formula is C19H32N2OS. The summed E-state index contributed by atoms with van der Waals surface area (Å²) >= 11 is 1.82. The molecule has 0 bridgehead atoms. The van der Waals surface area contributed by atoms with Crippen molar-refractivity contribution in [3.63, 3.8) is 0 Å². The van der Waals surface area contributed by atoms with Crippen molar-refractivity contribution < 1.29 is 5.11 Å². The van der Waals surface area contributed by atoms with Gasteiger partial charge in [-0.05, 0) is 81.4 Å². The summed E-state index contributed by atoms with van der Waals surface area (Å²) in [5, 5.41) is 9.35. The molecule has 0 radical (unpaired) electrons. The molecule has 1 N–H and O–H groups in total. The smallest absolute Gasteiger partial charge is 0.115 e. The lowest BCUT2D eigenvalue weighted by atomic mass is 10.0. The van der Waals surface area contributed by atoms with Crippen molar-refractivity contribution in [1.82, 2.24) is 9.21 Å². The van der Waals surface area contributed by atoms with Gasteiger partial charge in [-0.15, -0.1) is 0 Å². The molecule has 0 unspecified atom stereocenters. The normalized spacial score (nSPS) is 18.4. The van der Waals surface area contributed by atoms with Gasteiger partial charge >= 0.3 is 0 Å². The van der Waals surface area contributed by atoms with E-state index < -0.39 is 0 Å². The van der Waals surface area contributed by atoms with Crippen LogP contribution in [0.2, 0.25) is 0 Å². The van der Waals surface area contributed by atoms with Gasteiger partial charge in [-0.2, -0.15) is 0 Å². The van der Waals surface area contributed by atoms with Gasteiger partial charge in [0.15, 0.2) is 0 Å². The fourth-order valence-electron chi connectivity index (χ4n) is 3.11. The van der Waals surface area contributed by atoms with Crippen LogP contribution in [0.4, 0.5) is 0 Å². The number of aromatic hydroxyl groups is 1. The zero-order valence-corrected chi connectivity index (χ0v) is 15.7. The van der Waals surface area contributed by atoms with E-state index in [1.807, 2.05) is 24.1 Å². The molecule has 130 valence electrons. The molecule has 0 saturated carbocycles. The first kappa shape index (κ1) is 18.6. The molecule has 3 nitrogen and oxygen atoms in total. The predicted molar refractivity (Wildman–Crippen MR) is 99.9 cm³/mol. The largest absolute Gasteiger partial charge is 0.508 e. The molecule has 2 rings (SSSR count). The van der Waals surface area contributed by atoms with Crippen molar-refractivity contribution in [2.45, 2.75) is 56.9 Å². The highest BCUT2D eigenvalue weighted by Gasteiger charge is 2.22. The third kappa shape index (κ3) is 6.36. The molecule has 1 aliphatic heterocycles.